The molecule has 4 heteroatoms. The number of hydrogen-bond donors (Lipinski definition) is 2. The quantitative estimate of drug-likeness (QED) is 0.830. The number of nitrogen functional groups attached to an aromatic ring is 1. The summed E-state index contributed by atoms with van der Waals surface area (Å²) in [6.45, 7) is 2.76. The summed E-state index contributed by atoms with van der Waals surface area (Å²) >= 11 is 3.49. The molecule has 0 heterocycles. The van der Waals surface area contributed by atoms with Gasteiger partial charge in [0.25, 0.3) is 0 Å². The van der Waals surface area contributed by atoms with Crippen LogP contribution in [0.1, 0.15) is 11.1 Å². The second-order valence-electron chi connectivity index (χ2n) is 4.49. The molecule has 0 amide bonds. The summed E-state index contributed by atoms with van der Waals surface area (Å²) in [6, 6.07) is 10.5. The Labute approximate surface area is 121 Å². The first kappa shape index (κ1) is 13.9. The van der Waals surface area contributed by atoms with Gasteiger partial charge in [-0.25, -0.2) is 4.39 Å². The molecule has 0 aromatic heterocycles. The first-order chi connectivity index (χ1) is 9.06. The van der Waals surface area contributed by atoms with Gasteiger partial charge in [0.15, 0.2) is 0 Å². The maximum atomic E-state index is 12.8. The van der Waals surface area contributed by atoms with Crippen LogP contribution >= 0.6 is 15.9 Å². The van der Waals surface area contributed by atoms with Crippen LogP contribution in [0.3, 0.4) is 0 Å². The van der Waals surface area contributed by atoms with Crippen molar-refractivity contribution in [3.63, 3.8) is 0 Å². The van der Waals surface area contributed by atoms with Crippen LogP contribution in [0.5, 0.6) is 0 Å². The lowest BCUT2D eigenvalue weighted by molar-refractivity contribution is 0.627. The summed E-state index contributed by atoms with van der Waals surface area (Å²) in [6.07, 6.45) is 0.843. The monoisotopic (exact) mass is 322 g/mol. The Kier molecular flexibility index (Phi) is 4.43. The van der Waals surface area contributed by atoms with E-state index in [9.17, 15) is 4.39 Å². The predicted octanol–water partition coefficient (Wildman–Crippen LogP) is 4.13. The van der Waals surface area contributed by atoms with E-state index in [2.05, 4.69) is 21.2 Å². The minimum absolute atomic E-state index is 0.200. The first-order valence-electron chi connectivity index (χ1n) is 6.10. The number of rotatable bonds is 4. The highest BCUT2D eigenvalue weighted by atomic mass is 79.9. The molecule has 0 fully saturated rings. The van der Waals surface area contributed by atoms with Crippen LogP contribution in [-0.2, 0) is 6.42 Å². The summed E-state index contributed by atoms with van der Waals surface area (Å²) < 4.78 is 13.7. The highest BCUT2D eigenvalue weighted by Gasteiger charge is 2.03. The van der Waals surface area contributed by atoms with E-state index in [0.717, 1.165) is 39.9 Å². The number of nitrogens with one attached hydrogen (secondary N) is 1. The molecule has 0 spiro atoms. The number of nitrogens with two attached hydrogens (primary N) is 1. The molecule has 0 aliphatic rings. The van der Waals surface area contributed by atoms with Gasteiger partial charge in [0.05, 0.1) is 0 Å². The molecule has 0 atom stereocenters. The SMILES string of the molecule is Cc1cc(NCCc2ccc(F)cc2)c(Br)cc1N. The van der Waals surface area contributed by atoms with Gasteiger partial charge in [-0.1, -0.05) is 12.1 Å². The van der Waals surface area contributed by atoms with Gasteiger partial charge in [-0.2, -0.15) is 0 Å². The third-order valence-corrected chi connectivity index (χ3v) is 3.65. The average molecular weight is 323 g/mol. The average Bonchev–Trinajstić information content (AvgIpc) is 2.38. The van der Waals surface area contributed by atoms with Crippen molar-refractivity contribution >= 4 is 27.3 Å². The van der Waals surface area contributed by atoms with Crippen molar-refractivity contribution in [2.75, 3.05) is 17.6 Å². The second-order valence-corrected chi connectivity index (χ2v) is 5.35. The summed E-state index contributed by atoms with van der Waals surface area (Å²) in [5.74, 6) is -0.200. The Hall–Kier alpha value is -1.55. The Balaban J connectivity index is 1.96. The number of benzene rings is 2. The van der Waals surface area contributed by atoms with Crippen molar-refractivity contribution < 1.29 is 4.39 Å². The zero-order valence-corrected chi connectivity index (χ0v) is 12.3. The van der Waals surface area contributed by atoms with Gasteiger partial charge in [-0.05, 0) is 64.7 Å². The van der Waals surface area contributed by atoms with E-state index in [1.165, 1.54) is 12.1 Å². The third kappa shape index (κ3) is 3.70. The van der Waals surface area contributed by atoms with Crippen molar-refractivity contribution in [2.45, 2.75) is 13.3 Å². The molecule has 0 unspecified atom stereocenters. The molecule has 3 N–H and O–H groups in total. The Morgan fingerprint density at radius 2 is 1.89 bits per heavy atom. The van der Waals surface area contributed by atoms with Crippen molar-refractivity contribution in [2.24, 2.45) is 0 Å². The van der Waals surface area contributed by atoms with Gasteiger partial charge >= 0.3 is 0 Å². The Bertz CT molecular complexity index is 567. The molecule has 0 radical (unpaired) electrons. The number of aryl methyl sites for hydroxylation is 1. The van der Waals surface area contributed by atoms with Crippen LogP contribution < -0.4 is 11.1 Å². The van der Waals surface area contributed by atoms with Crippen molar-refractivity contribution in [1.82, 2.24) is 0 Å². The van der Waals surface area contributed by atoms with Gasteiger partial charge in [0.2, 0.25) is 0 Å². The van der Waals surface area contributed by atoms with Crippen LogP contribution in [0.4, 0.5) is 15.8 Å². The molecule has 2 rings (SSSR count). The molecular formula is C15H16BrFN2. The molecule has 19 heavy (non-hydrogen) atoms. The predicted molar refractivity (Wildman–Crippen MR) is 81.9 cm³/mol. The molecule has 100 valence electrons. The van der Waals surface area contributed by atoms with E-state index in [0.29, 0.717) is 0 Å². The summed E-state index contributed by atoms with van der Waals surface area (Å²) in [4.78, 5) is 0. The number of halogens is 2. The van der Waals surface area contributed by atoms with Gasteiger partial charge < -0.3 is 11.1 Å². The largest absolute Gasteiger partial charge is 0.398 e. The second kappa shape index (κ2) is 6.06. The van der Waals surface area contributed by atoms with Crippen molar-refractivity contribution in [3.05, 3.63) is 57.8 Å². The fourth-order valence-electron chi connectivity index (χ4n) is 1.82. The van der Waals surface area contributed by atoms with Crippen molar-refractivity contribution in [1.29, 1.82) is 0 Å². The molecule has 0 aliphatic heterocycles. The van der Waals surface area contributed by atoms with Gasteiger partial charge in [-0.3, -0.25) is 0 Å². The summed E-state index contributed by atoms with van der Waals surface area (Å²) in [5.41, 5.74) is 9.78. The Morgan fingerprint density at radius 3 is 2.58 bits per heavy atom. The Morgan fingerprint density at radius 1 is 1.21 bits per heavy atom. The van der Waals surface area contributed by atoms with Gasteiger partial charge in [-0.15, -0.1) is 0 Å². The topological polar surface area (TPSA) is 38.0 Å². The molecule has 0 aliphatic carbocycles. The van der Waals surface area contributed by atoms with E-state index in [-0.39, 0.29) is 5.82 Å². The lowest BCUT2D eigenvalue weighted by atomic mass is 10.1. The number of anilines is 2. The maximum Gasteiger partial charge on any atom is 0.123 e. The molecule has 0 saturated carbocycles. The van der Waals surface area contributed by atoms with Crippen LogP contribution in [0.15, 0.2) is 40.9 Å². The molecule has 2 aromatic rings. The zero-order valence-electron chi connectivity index (χ0n) is 10.7. The lowest BCUT2D eigenvalue weighted by Gasteiger charge is -2.11. The molecule has 0 saturated heterocycles. The number of hydrogen-bond acceptors (Lipinski definition) is 2. The molecule has 2 aromatic carbocycles. The lowest BCUT2D eigenvalue weighted by Crippen LogP contribution is -2.06. The molecular weight excluding hydrogens is 307 g/mol. The molecule has 2 nitrogen and oxygen atoms in total. The minimum Gasteiger partial charge on any atom is -0.398 e. The third-order valence-electron chi connectivity index (χ3n) is 3.00. The summed E-state index contributed by atoms with van der Waals surface area (Å²) in [5, 5.41) is 3.35. The van der Waals surface area contributed by atoms with Crippen LogP contribution in [0.25, 0.3) is 0 Å². The van der Waals surface area contributed by atoms with Crippen LogP contribution in [0, 0.1) is 12.7 Å². The first-order valence-corrected chi connectivity index (χ1v) is 6.89. The van der Waals surface area contributed by atoms with E-state index >= 15 is 0 Å². The van der Waals surface area contributed by atoms with E-state index in [1.54, 1.807) is 12.1 Å². The fourth-order valence-corrected chi connectivity index (χ4v) is 2.33. The molecule has 0 bridgehead atoms. The highest BCUT2D eigenvalue weighted by molar-refractivity contribution is 9.10. The normalized spacial score (nSPS) is 10.5. The zero-order chi connectivity index (χ0) is 13.8. The smallest absolute Gasteiger partial charge is 0.123 e. The van der Waals surface area contributed by atoms with Gasteiger partial charge in [0, 0.05) is 22.4 Å². The van der Waals surface area contributed by atoms with E-state index < -0.39 is 0 Å². The van der Waals surface area contributed by atoms with E-state index in [1.807, 2.05) is 19.1 Å². The highest BCUT2D eigenvalue weighted by Crippen LogP contribution is 2.27. The minimum atomic E-state index is -0.200. The fraction of sp³-hybridized carbons (Fsp3) is 0.200. The van der Waals surface area contributed by atoms with Crippen LogP contribution in [-0.4, -0.2) is 6.54 Å². The van der Waals surface area contributed by atoms with Crippen molar-refractivity contribution in [3.8, 4) is 0 Å². The maximum absolute atomic E-state index is 12.8. The standard InChI is InChI=1S/C15H16BrFN2/c1-10-8-15(13(16)9-14(10)18)19-7-6-11-2-4-12(17)5-3-11/h2-5,8-9,19H,6-7,18H2,1H3. The summed E-state index contributed by atoms with van der Waals surface area (Å²) in [7, 11) is 0. The van der Waals surface area contributed by atoms with Crippen LogP contribution in [0.2, 0.25) is 0 Å². The van der Waals surface area contributed by atoms with Gasteiger partial charge in [0.1, 0.15) is 5.82 Å². The van der Waals surface area contributed by atoms with E-state index in [4.69, 9.17) is 5.73 Å².